The number of ether oxygens (including phenoxy) is 1. The molecule has 0 aromatic carbocycles. The number of Topliss-reactive ketones (excluding diaryl/α,β-unsaturated/α-hetero) is 1. The van der Waals surface area contributed by atoms with Crippen molar-refractivity contribution in [2.24, 2.45) is 0 Å². The van der Waals surface area contributed by atoms with Crippen LogP contribution in [0.3, 0.4) is 0 Å². The van der Waals surface area contributed by atoms with Crippen LogP contribution in [-0.2, 0) is 13.1 Å². The third-order valence-electron chi connectivity index (χ3n) is 5.35. The predicted molar refractivity (Wildman–Crippen MR) is 138 cm³/mol. The van der Waals surface area contributed by atoms with Gasteiger partial charge in [-0.15, -0.1) is 11.3 Å². The number of rotatable bonds is 9. The second-order valence-electron chi connectivity index (χ2n) is 7.75. The maximum Gasteiger partial charge on any atom is 0.302 e. The van der Waals surface area contributed by atoms with Gasteiger partial charge in [0.25, 0.3) is 5.56 Å². The van der Waals surface area contributed by atoms with Crippen molar-refractivity contribution < 1.29 is 18.8 Å². The number of hydrogen-bond donors (Lipinski definition) is 1. The van der Waals surface area contributed by atoms with Crippen LogP contribution in [0.25, 0.3) is 11.3 Å². The molecule has 14 heteroatoms. The van der Waals surface area contributed by atoms with Crippen molar-refractivity contribution in [3.63, 3.8) is 0 Å². The summed E-state index contributed by atoms with van der Waals surface area (Å²) < 4.78 is 13.3. The van der Waals surface area contributed by atoms with E-state index in [1.165, 1.54) is 55.3 Å². The van der Waals surface area contributed by atoms with Gasteiger partial charge >= 0.3 is 5.91 Å². The van der Waals surface area contributed by atoms with E-state index < -0.39 is 17.2 Å². The summed E-state index contributed by atoms with van der Waals surface area (Å²) in [6.45, 7) is 0.0134. The van der Waals surface area contributed by atoms with E-state index in [4.69, 9.17) is 20.9 Å². The van der Waals surface area contributed by atoms with Crippen LogP contribution in [-0.4, -0.2) is 48.3 Å². The van der Waals surface area contributed by atoms with Gasteiger partial charge in [0.1, 0.15) is 17.8 Å². The number of nitrogens with zero attached hydrogens (tertiary/aromatic N) is 6. The number of nitrogens with one attached hydrogen (secondary N) is 1. The van der Waals surface area contributed by atoms with E-state index in [2.05, 4.69) is 25.5 Å². The molecular formula is C24H18ClN7O5S. The Hall–Kier alpha value is -4.62. The number of halogens is 1. The van der Waals surface area contributed by atoms with Crippen LogP contribution >= 0.6 is 22.9 Å². The second-order valence-corrected chi connectivity index (χ2v) is 9.55. The Balaban J connectivity index is 1.54. The van der Waals surface area contributed by atoms with Gasteiger partial charge in [0.2, 0.25) is 11.7 Å². The van der Waals surface area contributed by atoms with Gasteiger partial charge in [0.15, 0.2) is 11.5 Å². The van der Waals surface area contributed by atoms with Crippen molar-refractivity contribution in [1.29, 1.82) is 0 Å². The van der Waals surface area contributed by atoms with Gasteiger partial charge < -0.3 is 14.6 Å². The van der Waals surface area contributed by atoms with E-state index in [0.717, 1.165) is 14.1 Å². The molecule has 0 atom stereocenters. The smallest absolute Gasteiger partial charge is 0.302 e. The minimum Gasteiger partial charge on any atom is -0.482 e. The molecule has 0 aliphatic carbocycles. The molecule has 0 fully saturated rings. The molecule has 5 rings (SSSR count). The van der Waals surface area contributed by atoms with Gasteiger partial charge in [0.05, 0.1) is 30.1 Å². The van der Waals surface area contributed by atoms with Crippen molar-refractivity contribution in [1.82, 2.24) is 29.5 Å². The summed E-state index contributed by atoms with van der Waals surface area (Å²) in [5.41, 5.74) is 0.263. The first-order valence-electron chi connectivity index (χ1n) is 11.1. The SMILES string of the molecule is COc1c(-c2cc(NCc3ccc(Cl)s3)n(C(=O)c3ccon3)n2)ccc(=O)n1CC(=O)c1ncccn1. The molecular weight excluding hydrogens is 534 g/mol. The van der Waals surface area contributed by atoms with Crippen molar-refractivity contribution in [2.75, 3.05) is 12.4 Å². The Morgan fingerprint density at radius 1 is 1.16 bits per heavy atom. The number of methoxy groups -OCH3 is 1. The van der Waals surface area contributed by atoms with E-state index in [9.17, 15) is 14.4 Å². The van der Waals surface area contributed by atoms with Gasteiger partial charge in [-0.05, 0) is 24.3 Å². The quantitative estimate of drug-likeness (QED) is 0.270. The lowest BCUT2D eigenvalue weighted by atomic mass is 10.2. The zero-order valence-electron chi connectivity index (χ0n) is 19.7. The van der Waals surface area contributed by atoms with E-state index in [0.29, 0.717) is 28.0 Å². The molecule has 12 nitrogen and oxygen atoms in total. The summed E-state index contributed by atoms with van der Waals surface area (Å²) in [6.07, 6.45) is 4.16. The minimum atomic E-state index is -0.541. The maximum absolute atomic E-state index is 13.1. The van der Waals surface area contributed by atoms with Crippen molar-refractivity contribution >= 4 is 40.4 Å². The fourth-order valence-corrected chi connectivity index (χ4v) is 4.66. The fourth-order valence-electron chi connectivity index (χ4n) is 3.63. The van der Waals surface area contributed by atoms with Gasteiger partial charge in [-0.1, -0.05) is 16.8 Å². The molecule has 0 saturated carbocycles. The van der Waals surface area contributed by atoms with E-state index in [-0.39, 0.29) is 23.9 Å². The Morgan fingerprint density at radius 2 is 1.97 bits per heavy atom. The Morgan fingerprint density at radius 3 is 2.66 bits per heavy atom. The van der Waals surface area contributed by atoms with E-state index >= 15 is 0 Å². The Bertz CT molecular complexity index is 1660. The molecule has 0 bridgehead atoms. The van der Waals surface area contributed by atoms with Crippen LogP contribution in [0.4, 0.5) is 5.82 Å². The zero-order chi connectivity index (χ0) is 26.6. The van der Waals surface area contributed by atoms with Crippen LogP contribution in [0, 0.1) is 0 Å². The average molecular weight is 552 g/mol. The third-order valence-corrected chi connectivity index (χ3v) is 6.58. The summed E-state index contributed by atoms with van der Waals surface area (Å²) in [7, 11) is 1.37. The molecule has 0 spiro atoms. The highest BCUT2D eigenvalue weighted by molar-refractivity contribution is 7.16. The van der Waals surface area contributed by atoms with Crippen LogP contribution in [0.15, 0.2) is 70.4 Å². The molecule has 38 heavy (non-hydrogen) atoms. The normalized spacial score (nSPS) is 10.9. The molecule has 0 radical (unpaired) electrons. The number of carbonyl (C=O) groups excluding carboxylic acids is 2. The fraction of sp³-hybridized carbons (Fsp3) is 0.125. The molecule has 192 valence electrons. The van der Waals surface area contributed by atoms with Crippen molar-refractivity contribution in [3.05, 3.63) is 92.2 Å². The lowest BCUT2D eigenvalue weighted by Gasteiger charge is -2.13. The molecule has 5 aromatic heterocycles. The number of anilines is 1. The summed E-state index contributed by atoms with van der Waals surface area (Å²) in [5, 5.41) is 11.4. The van der Waals surface area contributed by atoms with E-state index in [1.54, 1.807) is 18.2 Å². The van der Waals surface area contributed by atoms with Crippen LogP contribution in [0.2, 0.25) is 4.34 Å². The lowest BCUT2D eigenvalue weighted by Crippen LogP contribution is -2.26. The third kappa shape index (κ3) is 5.10. The lowest BCUT2D eigenvalue weighted by molar-refractivity contribution is 0.0936. The van der Waals surface area contributed by atoms with Crippen molar-refractivity contribution in [3.8, 4) is 17.1 Å². The molecule has 0 unspecified atom stereocenters. The van der Waals surface area contributed by atoms with E-state index in [1.807, 2.05) is 6.07 Å². The van der Waals surface area contributed by atoms with Crippen molar-refractivity contribution in [2.45, 2.75) is 13.1 Å². The highest BCUT2D eigenvalue weighted by atomic mass is 35.5. The Kier molecular flexibility index (Phi) is 7.11. The van der Waals surface area contributed by atoms with Gasteiger partial charge in [0, 0.05) is 35.5 Å². The number of thiophene rings is 1. The molecule has 0 amide bonds. The summed E-state index contributed by atoms with van der Waals surface area (Å²) >= 11 is 7.43. The largest absolute Gasteiger partial charge is 0.482 e. The Labute approximate surface area is 223 Å². The highest BCUT2D eigenvalue weighted by Crippen LogP contribution is 2.31. The number of carbonyl (C=O) groups is 2. The molecule has 0 saturated heterocycles. The van der Waals surface area contributed by atoms with Gasteiger partial charge in [-0.3, -0.25) is 19.0 Å². The first-order valence-corrected chi connectivity index (χ1v) is 12.3. The standard InChI is InChI=1S/C24H18ClN7O5S/c1-36-24-15(4-6-21(34)31(24)13-18(33)22-26-8-2-9-27-22)17-11-20(28-12-14-3-5-19(25)38-14)32(29-17)23(35)16-7-10-37-30-16/h2-11,28H,12-13H2,1H3. The van der Waals surface area contributed by atoms with Gasteiger partial charge in [-0.25, -0.2) is 9.97 Å². The minimum absolute atomic E-state index is 0.0329. The summed E-state index contributed by atoms with van der Waals surface area (Å²) in [6, 6.07) is 11.1. The molecule has 5 aromatic rings. The van der Waals surface area contributed by atoms with Crippen LogP contribution < -0.4 is 15.6 Å². The second kappa shape index (κ2) is 10.8. The number of hydrogen-bond acceptors (Lipinski definition) is 11. The molecule has 1 N–H and O–H groups in total. The number of pyridine rings is 1. The molecule has 0 aliphatic rings. The van der Waals surface area contributed by atoms with Crippen LogP contribution in [0.5, 0.6) is 5.88 Å². The summed E-state index contributed by atoms with van der Waals surface area (Å²) in [5.74, 6) is -0.621. The number of ketones is 1. The number of aromatic nitrogens is 6. The monoisotopic (exact) mass is 551 g/mol. The molecule has 0 aliphatic heterocycles. The highest BCUT2D eigenvalue weighted by Gasteiger charge is 2.23. The average Bonchev–Trinajstić information content (AvgIpc) is 3.70. The van der Waals surface area contributed by atoms with Gasteiger partial charge in [-0.2, -0.15) is 9.78 Å². The zero-order valence-corrected chi connectivity index (χ0v) is 21.3. The summed E-state index contributed by atoms with van der Waals surface area (Å²) in [4.78, 5) is 47.4. The first kappa shape index (κ1) is 25.0. The molecule has 5 heterocycles. The topological polar surface area (TPSA) is 147 Å². The first-order chi connectivity index (χ1) is 18.4. The maximum atomic E-state index is 13.1. The van der Waals surface area contributed by atoms with Crippen LogP contribution in [0.1, 0.15) is 26.0 Å². The predicted octanol–water partition coefficient (Wildman–Crippen LogP) is 3.40.